The lowest BCUT2D eigenvalue weighted by Gasteiger charge is -2.06. The number of thiophene rings is 1. The van der Waals surface area contributed by atoms with E-state index in [0.717, 1.165) is 36.9 Å². The number of carbonyl (C=O) groups excluding carboxylic acids is 1. The first-order valence-electron chi connectivity index (χ1n) is 7.47. The van der Waals surface area contributed by atoms with Crippen molar-refractivity contribution in [3.63, 3.8) is 0 Å². The predicted molar refractivity (Wildman–Crippen MR) is 99.1 cm³/mol. The minimum atomic E-state index is -0.0776. The fourth-order valence-electron chi connectivity index (χ4n) is 2.20. The average Bonchev–Trinajstić information content (AvgIpc) is 2.95. The third-order valence-corrected chi connectivity index (χ3v) is 5.12. The van der Waals surface area contributed by atoms with Crippen LogP contribution in [0.1, 0.15) is 25.9 Å². The molecule has 0 aliphatic rings. The summed E-state index contributed by atoms with van der Waals surface area (Å²) in [7, 11) is 0. The fraction of sp³-hybridized carbons (Fsp3) is 0.167. The van der Waals surface area contributed by atoms with Gasteiger partial charge in [-0.3, -0.25) is 4.79 Å². The molecule has 0 bridgehead atoms. The summed E-state index contributed by atoms with van der Waals surface area (Å²) in [5, 5.41) is 3.65. The second-order valence-corrected chi connectivity index (χ2v) is 7.75. The van der Waals surface area contributed by atoms with Crippen molar-refractivity contribution in [1.29, 1.82) is 0 Å². The highest BCUT2D eigenvalue weighted by molar-refractivity contribution is 7.99. The summed E-state index contributed by atoms with van der Waals surface area (Å²) in [4.78, 5) is 23.9. The number of nitrogens with zero attached hydrogens (tertiary/aromatic N) is 2. The van der Waals surface area contributed by atoms with Crippen LogP contribution in [-0.4, -0.2) is 15.9 Å². The SMILES string of the molecule is Cc1cc(C)nc(Sc2ccc(NC(=O)c3ccc(C)s3)cc2)n1. The van der Waals surface area contributed by atoms with Crippen molar-refractivity contribution in [3.8, 4) is 0 Å². The van der Waals surface area contributed by atoms with Gasteiger partial charge in [-0.05, 0) is 75.0 Å². The Balaban J connectivity index is 1.68. The molecule has 2 aromatic heterocycles. The smallest absolute Gasteiger partial charge is 0.265 e. The molecular formula is C18H17N3OS2. The molecule has 6 heteroatoms. The van der Waals surface area contributed by atoms with Crippen LogP contribution in [-0.2, 0) is 0 Å². The Labute approximate surface area is 149 Å². The van der Waals surface area contributed by atoms with Gasteiger partial charge in [0.1, 0.15) is 0 Å². The summed E-state index contributed by atoms with van der Waals surface area (Å²) in [6, 6.07) is 13.4. The fourth-order valence-corrected chi connectivity index (χ4v) is 3.83. The van der Waals surface area contributed by atoms with E-state index in [4.69, 9.17) is 0 Å². The Kier molecular flexibility index (Phi) is 4.97. The van der Waals surface area contributed by atoms with Crippen molar-refractivity contribution < 1.29 is 4.79 Å². The zero-order valence-corrected chi connectivity index (χ0v) is 15.3. The highest BCUT2D eigenvalue weighted by Crippen LogP contribution is 2.26. The molecular weight excluding hydrogens is 338 g/mol. The number of aryl methyl sites for hydroxylation is 3. The van der Waals surface area contributed by atoms with Gasteiger partial charge >= 0.3 is 0 Å². The van der Waals surface area contributed by atoms with Crippen LogP contribution in [0.2, 0.25) is 0 Å². The van der Waals surface area contributed by atoms with Gasteiger partial charge < -0.3 is 5.32 Å². The third-order valence-electron chi connectivity index (χ3n) is 3.25. The first-order chi connectivity index (χ1) is 11.5. The van der Waals surface area contributed by atoms with Crippen molar-refractivity contribution in [2.75, 3.05) is 5.32 Å². The van der Waals surface area contributed by atoms with Gasteiger partial charge in [-0.2, -0.15) is 0 Å². The van der Waals surface area contributed by atoms with Gasteiger partial charge in [0, 0.05) is 26.8 Å². The molecule has 0 fully saturated rings. The van der Waals surface area contributed by atoms with Crippen LogP contribution in [0, 0.1) is 20.8 Å². The van der Waals surface area contributed by atoms with E-state index in [2.05, 4.69) is 15.3 Å². The van der Waals surface area contributed by atoms with Crippen LogP contribution in [0.5, 0.6) is 0 Å². The summed E-state index contributed by atoms with van der Waals surface area (Å²) >= 11 is 3.00. The van der Waals surface area contributed by atoms with Gasteiger partial charge in [-0.1, -0.05) is 0 Å². The van der Waals surface area contributed by atoms with E-state index >= 15 is 0 Å². The van der Waals surface area contributed by atoms with Gasteiger partial charge in [0.25, 0.3) is 5.91 Å². The molecule has 0 unspecified atom stereocenters. The van der Waals surface area contributed by atoms with Crippen molar-refractivity contribution in [2.45, 2.75) is 30.8 Å². The molecule has 3 aromatic rings. The highest BCUT2D eigenvalue weighted by Gasteiger charge is 2.09. The number of hydrogen-bond donors (Lipinski definition) is 1. The van der Waals surface area contributed by atoms with Crippen molar-refractivity contribution in [1.82, 2.24) is 9.97 Å². The van der Waals surface area contributed by atoms with Crippen LogP contribution < -0.4 is 5.32 Å². The molecule has 0 aliphatic heterocycles. The van der Waals surface area contributed by atoms with Crippen LogP contribution in [0.3, 0.4) is 0 Å². The van der Waals surface area contributed by atoms with Gasteiger partial charge in [0.05, 0.1) is 4.88 Å². The lowest BCUT2D eigenvalue weighted by Crippen LogP contribution is -2.09. The summed E-state index contributed by atoms with van der Waals surface area (Å²) in [6.45, 7) is 5.91. The molecule has 3 rings (SSSR count). The summed E-state index contributed by atoms with van der Waals surface area (Å²) in [5.41, 5.74) is 2.69. The number of benzene rings is 1. The molecule has 1 N–H and O–H groups in total. The normalized spacial score (nSPS) is 10.6. The maximum Gasteiger partial charge on any atom is 0.265 e. The van der Waals surface area contributed by atoms with Crippen LogP contribution in [0.4, 0.5) is 5.69 Å². The molecule has 0 spiro atoms. The topological polar surface area (TPSA) is 54.9 Å². The molecule has 122 valence electrons. The first-order valence-corrected chi connectivity index (χ1v) is 9.11. The van der Waals surface area contributed by atoms with E-state index in [9.17, 15) is 4.79 Å². The first kappa shape index (κ1) is 16.7. The molecule has 1 amide bonds. The second-order valence-electron chi connectivity index (χ2n) is 5.42. The maximum absolute atomic E-state index is 12.2. The van der Waals surface area contributed by atoms with Gasteiger partial charge in [0.2, 0.25) is 0 Å². The van der Waals surface area contributed by atoms with Crippen molar-refractivity contribution in [3.05, 3.63) is 63.6 Å². The molecule has 0 radical (unpaired) electrons. The lowest BCUT2D eigenvalue weighted by atomic mass is 10.3. The molecule has 24 heavy (non-hydrogen) atoms. The molecule has 0 saturated carbocycles. The van der Waals surface area contributed by atoms with Crippen LogP contribution in [0.15, 0.2) is 52.5 Å². The quantitative estimate of drug-likeness (QED) is 0.679. The molecule has 4 nitrogen and oxygen atoms in total. The Bertz CT molecular complexity index is 852. The van der Waals surface area contributed by atoms with Crippen molar-refractivity contribution in [2.24, 2.45) is 0 Å². The van der Waals surface area contributed by atoms with E-state index in [0.29, 0.717) is 0 Å². The number of hydrogen-bond acceptors (Lipinski definition) is 5. The molecule has 0 saturated heterocycles. The number of aromatic nitrogens is 2. The number of rotatable bonds is 4. The molecule has 0 atom stereocenters. The van der Waals surface area contributed by atoms with Crippen LogP contribution in [0.25, 0.3) is 0 Å². The van der Waals surface area contributed by atoms with Crippen molar-refractivity contribution >= 4 is 34.7 Å². The van der Waals surface area contributed by atoms with Gasteiger partial charge in [-0.15, -0.1) is 11.3 Å². The second kappa shape index (κ2) is 7.15. The van der Waals surface area contributed by atoms with Gasteiger partial charge in [-0.25, -0.2) is 9.97 Å². The summed E-state index contributed by atoms with van der Waals surface area (Å²) < 4.78 is 0. The monoisotopic (exact) mass is 355 g/mol. The largest absolute Gasteiger partial charge is 0.321 e. The van der Waals surface area contributed by atoms with E-state index < -0.39 is 0 Å². The maximum atomic E-state index is 12.2. The molecule has 2 heterocycles. The Morgan fingerprint density at radius 1 is 1.00 bits per heavy atom. The predicted octanol–water partition coefficient (Wildman–Crippen LogP) is 4.87. The molecule has 0 aliphatic carbocycles. The van der Waals surface area contributed by atoms with E-state index in [1.54, 1.807) is 0 Å². The standard InChI is InChI=1S/C18H17N3OS2/c1-11-10-12(2)20-18(19-11)24-15-7-5-14(6-8-15)21-17(22)16-9-4-13(3)23-16/h4-10H,1-3H3,(H,21,22). The number of nitrogens with one attached hydrogen (secondary N) is 1. The molecule has 1 aromatic carbocycles. The minimum Gasteiger partial charge on any atom is -0.321 e. The van der Waals surface area contributed by atoms with E-state index in [1.807, 2.05) is 63.2 Å². The van der Waals surface area contributed by atoms with E-state index in [1.165, 1.54) is 23.1 Å². The Morgan fingerprint density at radius 2 is 1.67 bits per heavy atom. The zero-order chi connectivity index (χ0) is 17.1. The third kappa shape index (κ3) is 4.21. The van der Waals surface area contributed by atoms with Gasteiger partial charge in [0.15, 0.2) is 5.16 Å². The average molecular weight is 355 g/mol. The number of amides is 1. The Morgan fingerprint density at radius 3 is 2.25 bits per heavy atom. The minimum absolute atomic E-state index is 0.0776. The number of carbonyl (C=O) groups is 1. The zero-order valence-electron chi connectivity index (χ0n) is 13.7. The Hall–Kier alpha value is -2.18. The summed E-state index contributed by atoms with van der Waals surface area (Å²) in [6.07, 6.45) is 0. The van der Waals surface area contributed by atoms with Crippen LogP contribution >= 0.6 is 23.1 Å². The number of anilines is 1. The lowest BCUT2D eigenvalue weighted by molar-refractivity contribution is 0.103. The summed E-state index contributed by atoms with van der Waals surface area (Å²) in [5.74, 6) is -0.0776. The van der Waals surface area contributed by atoms with E-state index in [-0.39, 0.29) is 5.91 Å². The highest BCUT2D eigenvalue weighted by atomic mass is 32.2.